The van der Waals surface area contributed by atoms with Crippen molar-refractivity contribution < 1.29 is 24.4 Å². The quantitative estimate of drug-likeness (QED) is 0.401. The van der Waals surface area contributed by atoms with E-state index in [0.717, 1.165) is 4.90 Å². The normalized spacial score (nSPS) is 10.4. The predicted octanol–water partition coefficient (Wildman–Crippen LogP) is 3.88. The third-order valence-corrected chi connectivity index (χ3v) is 4.70. The second-order valence-electron chi connectivity index (χ2n) is 6.73. The first kappa shape index (κ1) is 22.3. The van der Waals surface area contributed by atoms with E-state index >= 15 is 0 Å². The number of para-hydroxylation sites is 1. The maximum atomic E-state index is 11.9. The zero-order valence-corrected chi connectivity index (χ0v) is 17.2. The highest BCUT2D eigenvalue weighted by molar-refractivity contribution is 5.88. The Labute approximate surface area is 183 Å². The minimum absolute atomic E-state index is 0.0902. The topological polar surface area (TPSA) is 140 Å². The average molecular weight is 439 g/mol. The molecule has 0 fully saturated rings. The van der Waals surface area contributed by atoms with Crippen LogP contribution in [0, 0.1) is 17.0 Å². The van der Waals surface area contributed by atoms with Gasteiger partial charge < -0.3 is 20.0 Å². The third kappa shape index (κ3) is 5.39. The van der Waals surface area contributed by atoms with Crippen LogP contribution in [0.1, 0.15) is 11.1 Å². The van der Waals surface area contributed by atoms with Crippen molar-refractivity contribution in [2.75, 3.05) is 23.4 Å². The molecule has 0 aliphatic carbocycles. The molecule has 0 saturated heterocycles. The molecule has 0 saturated carbocycles. The van der Waals surface area contributed by atoms with E-state index in [9.17, 15) is 24.8 Å². The zero-order chi connectivity index (χ0) is 23.1. The molecule has 11 nitrogen and oxygen atoms in total. The lowest BCUT2D eigenvalue weighted by atomic mass is 10.1. The number of aromatic nitrogens is 2. The summed E-state index contributed by atoms with van der Waals surface area (Å²) in [6.07, 6.45) is 0.905. The second kappa shape index (κ2) is 10.1. The molecule has 2 aromatic carbocycles. The molecule has 0 spiro atoms. The molecule has 166 valence electrons. The van der Waals surface area contributed by atoms with Gasteiger partial charge in [-0.3, -0.25) is 10.2 Å². The SMILES string of the molecule is Cc1c(Cn2ccnc2[N+](=O)[O-])cccc1N(CCOC(=O)Nc1ccccc1)C(=O)O. The van der Waals surface area contributed by atoms with Gasteiger partial charge in [-0.1, -0.05) is 35.3 Å². The summed E-state index contributed by atoms with van der Waals surface area (Å²) in [4.78, 5) is 39.1. The number of carbonyl (C=O) groups is 2. The van der Waals surface area contributed by atoms with Gasteiger partial charge >= 0.3 is 18.1 Å². The Balaban J connectivity index is 1.69. The highest BCUT2D eigenvalue weighted by atomic mass is 16.6. The van der Waals surface area contributed by atoms with Gasteiger partial charge in [-0.25, -0.2) is 14.2 Å². The van der Waals surface area contributed by atoms with Crippen LogP contribution in [-0.2, 0) is 11.3 Å². The molecule has 0 aliphatic rings. The number of hydrogen-bond acceptors (Lipinski definition) is 6. The second-order valence-corrected chi connectivity index (χ2v) is 6.73. The fraction of sp³-hybridized carbons (Fsp3) is 0.190. The monoisotopic (exact) mass is 439 g/mol. The van der Waals surface area contributed by atoms with Gasteiger partial charge in [0.25, 0.3) is 0 Å². The van der Waals surface area contributed by atoms with Crippen LogP contribution in [0.15, 0.2) is 60.9 Å². The van der Waals surface area contributed by atoms with E-state index in [-0.39, 0.29) is 25.6 Å². The molecule has 3 rings (SSSR count). The largest absolute Gasteiger partial charge is 0.465 e. The highest BCUT2D eigenvalue weighted by Crippen LogP contribution is 2.25. The van der Waals surface area contributed by atoms with Gasteiger partial charge in [0, 0.05) is 5.69 Å². The Morgan fingerprint density at radius 3 is 2.66 bits per heavy atom. The molecule has 0 radical (unpaired) electrons. The van der Waals surface area contributed by atoms with Crippen molar-refractivity contribution in [2.24, 2.45) is 0 Å². The van der Waals surface area contributed by atoms with Gasteiger partial charge in [0.2, 0.25) is 0 Å². The molecule has 0 atom stereocenters. The highest BCUT2D eigenvalue weighted by Gasteiger charge is 2.20. The van der Waals surface area contributed by atoms with Crippen LogP contribution >= 0.6 is 0 Å². The van der Waals surface area contributed by atoms with E-state index in [1.54, 1.807) is 49.4 Å². The van der Waals surface area contributed by atoms with Gasteiger partial charge in [-0.05, 0) is 41.2 Å². The van der Waals surface area contributed by atoms with Crippen molar-refractivity contribution in [3.63, 3.8) is 0 Å². The molecule has 0 aliphatic heterocycles. The van der Waals surface area contributed by atoms with Crippen molar-refractivity contribution in [3.05, 3.63) is 82.2 Å². The number of hydrogen-bond donors (Lipinski definition) is 2. The Morgan fingerprint density at radius 2 is 1.97 bits per heavy atom. The van der Waals surface area contributed by atoms with E-state index in [2.05, 4.69) is 10.3 Å². The van der Waals surface area contributed by atoms with Gasteiger partial charge in [0.05, 0.1) is 18.8 Å². The number of carboxylic acid groups (broad SMARTS) is 1. The number of nitrogens with one attached hydrogen (secondary N) is 1. The van der Waals surface area contributed by atoms with E-state index in [1.165, 1.54) is 17.0 Å². The minimum atomic E-state index is -1.22. The van der Waals surface area contributed by atoms with E-state index in [4.69, 9.17) is 4.74 Å². The van der Waals surface area contributed by atoms with Crippen LogP contribution < -0.4 is 10.2 Å². The Bertz CT molecular complexity index is 1110. The summed E-state index contributed by atoms with van der Waals surface area (Å²) in [6.45, 7) is 1.63. The fourth-order valence-corrected chi connectivity index (χ4v) is 3.14. The maximum Gasteiger partial charge on any atom is 0.434 e. The van der Waals surface area contributed by atoms with Crippen molar-refractivity contribution in [1.29, 1.82) is 0 Å². The molecule has 0 unspecified atom stereocenters. The summed E-state index contributed by atoms with van der Waals surface area (Å²) in [5.74, 6) is -0.303. The lowest BCUT2D eigenvalue weighted by Gasteiger charge is -2.22. The Kier molecular flexibility index (Phi) is 7.01. The number of ether oxygens (including phenoxy) is 1. The standard InChI is InChI=1S/C21H21N5O6/c1-15-16(14-24-11-10-22-19(24)26(30)31)6-5-9-18(15)25(21(28)29)12-13-32-20(27)23-17-7-3-2-4-8-17/h2-11H,12-14H2,1H3,(H,23,27)(H,28,29). The molecule has 3 aromatic rings. The molecule has 1 heterocycles. The summed E-state index contributed by atoms with van der Waals surface area (Å²) in [6, 6.07) is 13.8. The summed E-state index contributed by atoms with van der Waals surface area (Å²) < 4.78 is 6.47. The first-order chi connectivity index (χ1) is 15.4. The number of nitrogens with zero attached hydrogens (tertiary/aromatic N) is 4. The fourth-order valence-electron chi connectivity index (χ4n) is 3.14. The van der Waals surface area contributed by atoms with Crippen molar-refractivity contribution in [3.8, 4) is 0 Å². The zero-order valence-electron chi connectivity index (χ0n) is 17.2. The van der Waals surface area contributed by atoms with Gasteiger partial charge in [0.1, 0.15) is 19.0 Å². The maximum absolute atomic E-state index is 11.9. The molecular weight excluding hydrogens is 418 g/mol. The smallest absolute Gasteiger partial charge is 0.434 e. The molecule has 1 aromatic heterocycles. The molecule has 32 heavy (non-hydrogen) atoms. The number of carbonyl (C=O) groups excluding carboxylic acids is 1. The van der Waals surface area contributed by atoms with Crippen LogP contribution in [0.25, 0.3) is 0 Å². The lowest BCUT2D eigenvalue weighted by molar-refractivity contribution is -0.396. The number of anilines is 2. The van der Waals surface area contributed by atoms with Crippen molar-refractivity contribution in [1.82, 2.24) is 9.55 Å². The van der Waals surface area contributed by atoms with E-state index < -0.39 is 17.1 Å². The van der Waals surface area contributed by atoms with Gasteiger partial charge in [-0.15, -0.1) is 0 Å². The third-order valence-electron chi connectivity index (χ3n) is 4.70. The number of amides is 2. The van der Waals surface area contributed by atoms with Crippen molar-refractivity contribution >= 4 is 29.5 Å². The Morgan fingerprint density at radius 1 is 1.22 bits per heavy atom. The van der Waals surface area contributed by atoms with Crippen LogP contribution in [0.5, 0.6) is 0 Å². The molecular formula is C21H21N5O6. The number of rotatable bonds is 8. The Hall–Kier alpha value is -4.41. The molecule has 11 heteroatoms. The van der Waals surface area contributed by atoms with Gasteiger partial charge in [0.15, 0.2) is 0 Å². The summed E-state index contributed by atoms with van der Waals surface area (Å²) in [5.41, 5.74) is 2.28. The molecule has 2 amide bonds. The first-order valence-corrected chi connectivity index (χ1v) is 9.60. The van der Waals surface area contributed by atoms with Crippen molar-refractivity contribution in [2.45, 2.75) is 13.5 Å². The van der Waals surface area contributed by atoms with E-state index in [1.807, 2.05) is 6.07 Å². The summed E-state index contributed by atoms with van der Waals surface area (Å²) in [5, 5.41) is 23.3. The summed E-state index contributed by atoms with van der Waals surface area (Å²) in [7, 11) is 0. The minimum Gasteiger partial charge on any atom is -0.465 e. The van der Waals surface area contributed by atoms with Gasteiger partial charge in [-0.2, -0.15) is 0 Å². The molecule has 0 bridgehead atoms. The van der Waals surface area contributed by atoms with Crippen LogP contribution in [0.3, 0.4) is 0 Å². The number of benzene rings is 2. The number of imidazole rings is 1. The van der Waals surface area contributed by atoms with Crippen LogP contribution in [-0.4, -0.2) is 44.9 Å². The average Bonchev–Trinajstić information content (AvgIpc) is 3.22. The lowest BCUT2D eigenvalue weighted by Crippen LogP contribution is -2.34. The number of nitro groups is 1. The summed E-state index contributed by atoms with van der Waals surface area (Å²) >= 11 is 0. The van der Waals surface area contributed by atoms with Crippen LogP contribution in [0.2, 0.25) is 0 Å². The van der Waals surface area contributed by atoms with E-state index in [0.29, 0.717) is 22.5 Å². The predicted molar refractivity (Wildman–Crippen MR) is 116 cm³/mol. The van der Waals surface area contributed by atoms with Crippen LogP contribution in [0.4, 0.5) is 26.9 Å². The first-order valence-electron chi connectivity index (χ1n) is 9.60. The molecule has 2 N–H and O–H groups in total.